The normalized spacial score (nSPS) is 45.3. The second-order valence-corrected chi connectivity index (χ2v) is 13.0. The van der Waals surface area contributed by atoms with E-state index in [1.54, 1.807) is 5.57 Å². The third kappa shape index (κ3) is 3.96. The van der Waals surface area contributed by atoms with Gasteiger partial charge in [-0.05, 0) is 110 Å². The first kappa shape index (κ1) is 23.8. The molecule has 0 aliphatic heterocycles. The zero-order valence-electron chi connectivity index (χ0n) is 21.2. The van der Waals surface area contributed by atoms with Gasteiger partial charge in [0.2, 0.25) is 0 Å². The summed E-state index contributed by atoms with van der Waals surface area (Å²) in [4.78, 5) is 0. The third-order valence-electron chi connectivity index (χ3n) is 11.4. The number of hydrogen-bond acceptors (Lipinski definition) is 2. The van der Waals surface area contributed by atoms with Gasteiger partial charge in [0.15, 0.2) is 0 Å². The molecule has 31 heavy (non-hydrogen) atoms. The monoisotopic (exact) mass is 430 g/mol. The van der Waals surface area contributed by atoms with E-state index in [0.29, 0.717) is 34.5 Å². The molecule has 2 N–H and O–H groups in total. The average molecular weight is 431 g/mol. The van der Waals surface area contributed by atoms with Gasteiger partial charge in [-0.2, -0.15) is 0 Å². The van der Waals surface area contributed by atoms with Crippen LogP contribution in [0.15, 0.2) is 11.6 Å². The molecule has 4 aliphatic rings. The van der Waals surface area contributed by atoms with Crippen LogP contribution in [0, 0.1) is 52.3 Å². The molecule has 0 aromatic heterocycles. The molecule has 3 unspecified atom stereocenters. The molecule has 0 spiro atoms. The highest BCUT2D eigenvalue weighted by molar-refractivity contribution is 5.25. The number of fused-ring (bicyclic) bond motifs is 5. The van der Waals surface area contributed by atoms with Crippen molar-refractivity contribution in [3.8, 4) is 0 Å². The van der Waals surface area contributed by atoms with E-state index < -0.39 is 0 Å². The largest absolute Gasteiger partial charge is 0.393 e. The van der Waals surface area contributed by atoms with E-state index in [4.69, 9.17) is 0 Å². The lowest BCUT2D eigenvalue weighted by Crippen LogP contribution is -2.51. The fraction of sp³-hybridized carbons (Fsp3) is 0.931. The highest BCUT2D eigenvalue weighted by Gasteiger charge is 2.59. The summed E-state index contributed by atoms with van der Waals surface area (Å²) in [7, 11) is 0. The van der Waals surface area contributed by atoms with Crippen LogP contribution in [0.5, 0.6) is 0 Å². The van der Waals surface area contributed by atoms with Crippen LogP contribution in [0.1, 0.15) is 106 Å². The summed E-state index contributed by atoms with van der Waals surface area (Å²) in [5.41, 5.74) is 2.31. The van der Waals surface area contributed by atoms with Crippen molar-refractivity contribution >= 4 is 0 Å². The van der Waals surface area contributed by atoms with Gasteiger partial charge in [-0.15, -0.1) is 0 Å². The summed E-state index contributed by atoms with van der Waals surface area (Å²) < 4.78 is 0. The molecule has 0 saturated heterocycles. The SMILES string of the molecule is CCC(CC(O)C(C)[C@H]1CC[C@H]2[C@@H]3CC=C4C[C@@H](O)CC[C@]4(C)[C@H]3CC[C@]12C)C(C)C. The zero-order valence-corrected chi connectivity index (χ0v) is 21.2. The average Bonchev–Trinajstić information content (AvgIpc) is 3.08. The van der Waals surface area contributed by atoms with Gasteiger partial charge >= 0.3 is 0 Å². The Kier molecular flexibility index (Phi) is 6.75. The molecule has 0 amide bonds. The van der Waals surface area contributed by atoms with Crippen molar-refractivity contribution in [3.05, 3.63) is 11.6 Å². The Bertz CT molecular complexity index is 668. The van der Waals surface area contributed by atoms with Gasteiger partial charge in [0, 0.05) is 0 Å². The molecule has 0 aromatic carbocycles. The summed E-state index contributed by atoms with van der Waals surface area (Å²) in [6.45, 7) is 14.4. The maximum atomic E-state index is 11.3. The zero-order chi connectivity index (χ0) is 22.6. The highest BCUT2D eigenvalue weighted by atomic mass is 16.3. The number of allylic oxidation sites excluding steroid dienone is 1. The Labute approximate surface area is 192 Å². The molecule has 0 radical (unpaired) electrons. The van der Waals surface area contributed by atoms with Crippen LogP contribution in [0.25, 0.3) is 0 Å². The van der Waals surface area contributed by atoms with Crippen molar-refractivity contribution in [3.63, 3.8) is 0 Å². The van der Waals surface area contributed by atoms with Gasteiger partial charge in [-0.25, -0.2) is 0 Å². The molecule has 3 fully saturated rings. The Balaban J connectivity index is 1.50. The smallest absolute Gasteiger partial charge is 0.0577 e. The lowest BCUT2D eigenvalue weighted by atomic mass is 9.47. The first-order valence-corrected chi connectivity index (χ1v) is 13.7. The van der Waals surface area contributed by atoms with E-state index in [9.17, 15) is 10.2 Å². The molecule has 0 heterocycles. The van der Waals surface area contributed by atoms with E-state index in [-0.39, 0.29) is 12.2 Å². The minimum Gasteiger partial charge on any atom is -0.393 e. The summed E-state index contributed by atoms with van der Waals surface area (Å²) in [6, 6.07) is 0. The van der Waals surface area contributed by atoms with Crippen LogP contribution in [0.3, 0.4) is 0 Å². The molecule has 2 heteroatoms. The van der Waals surface area contributed by atoms with Crippen molar-refractivity contribution in [1.29, 1.82) is 0 Å². The Hall–Kier alpha value is -0.340. The van der Waals surface area contributed by atoms with Gasteiger partial charge in [0.05, 0.1) is 12.2 Å². The molecule has 0 aromatic rings. The molecule has 2 nitrogen and oxygen atoms in total. The fourth-order valence-electron chi connectivity index (χ4n) is 9.25. The summed E-state index contributed by atoms with van der Waals surface area (Å²) in [5.74, 6) is 4.82. The minimum atomic E-state index is -0.152. The van der Waals surface area contributed by atoms with Gasteiger partial charge in [0.25, 0.3) is 0 Å². The first-order chi connectivity index (χ1) is 14.6. The highest BCUT2D eigenvalue weighted by Crippen LogP contribution is 2.67. The van der Waals surface area contributed by atoms with E-state index >= 15 is 0 Å². The third-order valence-corrected chi connectivity index (χ3v) is 11.4. The molecular weight excluding hydrogens is 380 g/mol. The number of aliphatic hydroxyl groups excluding tert-OH is 2. The molecule has 10 atom stereocenters. The van der Waals surface area contributed by atoms with E-state index in [1.807, 2.05) is 0 Å². The summed E-state index contributed by atoms with van der Waals surface area (Å²) >= 11 is 0. The lowest BCUT2D eigenvalue weighted by molar-refractivity contribution is -0.0696. The van der Waals surface area contributed by atoms with Crippen LogP contribution in [0.4, 0.5) is 0 Å². The topological polar surface area (TPSA) is 40.5 Å². The van der Waals surface area contributed by atoms with Crippen molar-refractivity contribution < 1.29 is 10.2 Å². The van der Waals surface area contributed by atoms with Gasteiger partial charge < -0.3 is 10.2 Å². The maximum absolute atomic E-state index is 11.3. The van der Waals surface area contributed by atoms with Crippen LogP contribution in [-0.4, -0.2) is 22.4 Å². The number of rotatable bonds is 6. The van der Waals surface area contributed by atoms with Gasteiger partial charge in [-0.1, -0.05) is 59.6 Å². The van der Waals surface area contributed by atoms with E-state index in [1.165, 1.54) is 44.9 Å². The predicted octanol–water partition coefficient (Wildman–Crippen LogP) is 7.00. The molecule has 4 rings (SSSR count). The van der Waals surface area contributed by atoms with E-state index in [2.05, 4.69) is 47.6 Å². The van der Waals surface area contributed by atoms with E-state index in [0.717, 1.165) is 37.0 Å². The van der Waals surface area contributed by atoms with Crippen molar-refractivity contribution in [1.82, 2.24) is 0 Å². The molecule has 0 bridgehead atoms. The standard InChI is InChI=1S/C29H50O2/c1-7-20(18(2)3)16-27(31)19(4)24-10-11-25-23-9-8-21-17-22(30)12-14-28(21,5)26(23)13-15-29(24,25)6/h8,18-20,22-27,30-31H,7,9-17H2,1-6H3/t19?,20?,22-,23-,24+,25-,26-,27?,28-,29+/m0/s1. The molecule has 4 aliphatic carbocycles. The van der Waals surface area contributed by atoms with Crippen LogP contribution >= 0.6 is 0 Å². The first-order valence-electron chi connectivity index (χ1n) is 13.7. The number of hydrogen-bond donors (Lipinski definition) is 2. The molecule has 3 saturated carbocycles. The minimum absolute atomic E-state index is 0.110. The summed E-state index contributed by atoms with van der Waals surface area (Å²) in [5, 5.41) is 21.5. The Morgan fingerprint density at radius 2 is 1.77 bits per heavy atom. The number of aliphatic hydroxyl groups is 2. The maximum Gasteiger partial charge on any atom is 0.0577 e. The predicted molar refractivity (Wildman–Crippen MR) is 130 cm³/mol. The van der Waals surface area contributed by atoms with Crippen molar-refractivity contribution in [2.45, 2.75) is 118 Å². The van der Waals surface area contributed by atoms with Gasteiger partial charge in [-0.3, -0.25) is 0 Å². The Morgan fingerprint density at radius 3 is 2.45 bits per heavy atom. The second kappa shape index (κ2) is 8.79. The Morgan fingerprint density at radius 1 is 1.03 bits per heavy atom. The van der Waals surface area contributed by atoms with Gasteiger partial charge in [0.1, 0.15) is 0 Å². The molecule has 178 valence electrons. The van der Waals surface area contributed by atoms with Crippen LogP contribution in [0.2, 0.25) is 0 Å². The summed E-state index contributed by atoms with van der Waals surface area (Å²) in [6.07, 6.45) is 14.1. The van der Waals surface area contributed by atoms with Crippen molar-refractivity contribution in [2.24, 2.45) is 52.3 Å². The molecular formula is C29H50O2. The lowest BCUT2D eigenvalue weighted by Gasteiger charge is -2.58. The van der Waals surface area contributed by atoms with Crippen molar-refractivity contribution in [2.75, 3.05) is 0 Å². The van der Waals surface area contributed by atoms with Crippen LogP contribution in [-0.2, 0) is 0 Å². The quantitative estimate of drug-likeness (QED) is 0.446. The van der Waals surface area contributed by atoms with Crippen LogP contribution < -0.4 is 0 Å². The second-order valence-electron chi connectivity index (χ2n) is 13.0. The fourth-order valence-corrected chi connectivity index (χ4v) is 9.25.